The molecular weight excluding hydrogens is 238 g/mol. The molecule has 19 heavy (non-hydrogen) atoms. The van der Waals surface area contributed by atoms with E-state index in [1.807, 2.05) is 48.9 Å². The SMILES string of the molecule is Cc1ccc2c(c1)nc(-c1cccc(N)c1O)n2C. The third-order valence-electron chi connectivity index (χ3n) is 3.34. The molecule has 2 aromatic carbocycles. The molecule has 0 fully saturated rings. The number of hydrogen-bond acceptors (Lipinski definition) is 3. The fourth-order valence-electron chi connectivity index (χ4n) is 2.29. The first kappa shape index (κ1) is 11.6. The van der Waals surface area contributed by atoms with Gasteiger partial charge in [0.15, 0.2) is 0 Å². The number of hydrogen-bond donors (Lipinski definition) is 2. The van der Waals surface area contributed by atoms with Gasteiger partial charge in [-0.15, -0.1) is 0 Å². The summed E-state index contributed by atoms with van der Waals surface area (Å²) >= 11 is 0. The molecule has 0 spiro atoms. The minimum atomic E-state index is 0.0811. The predicted molar refractivity (Wildman–Crippen MR) is 77.0 cm³/mol. The minimum absolute atomic E-state index is 0.0811. The van der Waals surface area contributed by atoms with Crippen LogP contribution in [0.3, 0.4) is 0 Å². The van der Waals surface area contributed by atoms with Crippen molar-refractivity contribution >= 4 is 16.7 Å². The number of phenols is 1. The normalized spacial score (nSPS) is 11.1. The molecule has 3 aromatic rings. The minimum Gasteiger partial charge on any atom is -0.505 e. The number of para-hydroxylation sites is 1. The Balaban J connectivity index is 2.31. The third-order valence-corrected chi connectivity index (χ3v) is 3.34. The lowest BCUT2D eigenvalue weighted by Crippen LogP contribution is -1.94. The Labute approximate surface area is 111 Å². The fraction of sp³-hybridized carbons (Fsp3) is 0.133. The zero-order chi connectivity index (χ0) is 13.6. The van der Waals surface area contributed by atoms with Crippen LogP contribution in [0.1, 0.15) is 5.56 Å². The summed E-state index contributed by atoms with van der Waals surface area (Å²) in [7, 11) is 1.93. The van der Waals surface area contributed by atoms with E-state index in [0.29, 0.717) is 17.1 Å². The number of imidazole rings is 1. The molecule has 0 saturated heterocycles. The maximum atomic E-state index is 10.1. The quantitative estimate of drug-likeness (QED) is 0.517. The van der Waals surface area contributed by atoms with Crippen molar-refractivity contribution in [2.75, 3.05) is 5.73 Å². The molecule has 1 heterocycles. The fourth-order valence-corrected chi connectivity index (χ4v) is 2.29. The van der Waals surface area contributed by atoms with E-state index in [1.54, 1.807) is 6.07 Å². The molecule has 4 nitrogen and oxygen atoms in total. The number of nitrogens with two attached hydrogens (primary N) is 1. The van der Waals surface area contributed by atoms with Gasteiger partial charge in [-0.2, -0.15) is 0 Å². The average molecular weight is 253 g/mol. The summed E-state index contributed by atoms with van der Waals surface area (Å²) < 4.78 is 1.96. The second-order valence-electron chi connectivity index (χ2n) is 4.73. The van der Waals surface area contributed by atoms with E-state index in [2.05, 4.69) is 4.98 Å². The number of phenolic OH excluding ortho intramolecular Hbond substituents is 1. The van der Waals surface area contributed by atoms with Crippen LogP contribution in [0.4, 0.5) is 5.69 Å². The molecule has 0 aliphatic carbocycles. The molecule has 0 aliphatic heterocycles. The lowest BCUT2D eigenvalue weighted by atomic mass is 10.1. The summed E-state index contributed by atoms with van der Waals surface area (Å²) in [6.07, 6.45) is 0. The van der Waals surface area contributed by atoms with Crippen LogP contribution in [0.15, 0.2) is 36.4 Å². The summed E-state index contributed by atoms with van der Waals surface area (Å²) in [6.45, 7) is 2.03. The Morgan fingerprint density at radius 1 is 1.21 bits per heavy atom. The highest BCUT2D eigenvalue weighted by atomic mass is 16.3. The molecule has 96 valence electrons. The summed E-state index contributed by atoms with van der Waals surface area (Å²) in [5.74, 6) is 0.794. The number of aromatic hydroxyl groups is 1. The number of aromatic nitrogens is 2. The molecular formula is C15H15N3O. The third kappa shape index (κ3) is 1.73. The maximum absolute atomic E-state index is 10.1. The summed E-state index contributed by atoms with van der Waals surface area (Å²) in [5, 5.41) is 10.1. The lowest BCUT2D eigenvalue weighted by Gasteiger charge is -2.06. The van der Waals surface area contributed by atoms with Gasteiger partial charge < -0.3 is 15.4 Å². The summed E-state index contributed by atoms with van der Waals surface area (Å²) in [6, 6.07) is 11.4. The zero-order valence-electron chi connectivity index (χ0n) is 10.9. The Morgan fingerprint density at radius 3 is 2.79 bits per heavy atom. The van der Waals surface area contributed by atoms with Crippen molar-refractivity contribution in [3.8, 4) is 17.1 Å². The maximum Gasteiger partial charge on any atom is 0.149 e. The van der Waals surface area contributed by atoms with Crippen molar-refractivity contribution in [1.82, 2.24) is 9.55 Å². The first-order valence-corrected chi connectivity index (χ1v) is 6.09. The number of aryl methyl sites for hydroxylation is 2. The van der Waals surface area contributed by atoms with Crippen LogP contribution < -0.4 is 5.73 Å². The number of anilines is 1. The highest BCUT2D eigenvalue weighted by Gasteiger charge is 2.14. The topological polar surface area (TPSA) is 64.1 Å². The van der Waals surface area contributed by atoms with Gasteiger partial charge in [-0.1, -0.05) is 12.1 Å². The first-order valence-electron chi connectivity index (χ1n) is 6.09. The molecule has 4 heteroatoms. The van der Waals surface area contributed by atoms with E-state index < -0.39 is 0 Å². The van der Waals surface area contributed by atoms with Crippen LogP contribution in [0.25, 0.3) is 22.4 Å². The largest absolute Gasteiger partial charge is 0.505 e. The molecule has 3 rings (SSSR count). The van der Waals surface area contributed by atoms with Gasteiger partial charge in [0.1, 0.15) is 11.6 Å². The van der Waals surface area contributed by atoms with Crippen LogP contribution in [-0.2, 0) is 7.05 Å². The summed E-state index contributed by atoms with van der Waals surface area (Å²) in [4.78, 5) is 4.59. The molecule has 0 saturated carbocycles. The predicted octanol–water partition coefficient (Wildman–Crippen LogP) is 2.84. The van der Waals surface area contributed by atoms with Gasteiger partial charge in [0.05, 0.1) is 22.3 Å². The van der Waals surface area contributed by atoms with Crippen LogP contribution >= 0.6 is 0 Å². The molecule has 0 bridgehead atoms. The van der Waals surface area contributed by atoms with E-state index in [-0.39, 0.29) is 5.75 Å². The standard InChI is InChI=1S/C15H15N3O/c1-9-6-7-13-12(8-9)17-15(18(13)2)10-4-3-5-11(16)14(10)19/h3-8,19H,16H2,1-2H3. The number of nitrogen functional groups attached to an aromatic ring is 1. The highest BCUT2D eigenvalue weighted by Crippen LogP contribution is 2.34. The molecule has 0 amide bonds. The monoisotopic (exact) mass is 253 g/mol. The van der Waals surface area contributed by atoms with Crippen molar-refractivity contribution in [3.05, 3.63) is 42.0 Å². The van der Waals surface area contributed by atoms with E-state index in [9.17, 15) is 5.11 Å². The van der Waals surface area contributed by atoms with E-state index in [0.717, 1.165) is 16.6 Å². The Morgan fingerprint density at radius 2 is 2.00 bits per heavy atom. The second kappa shape index (κ2) is 4.02. The van der Waals surface area contributed by atoms with Crippen molar-refractivity contribution in [3.63, 3.8) is 0 Å². The van der Waals surface area contributed by atoms with Crippen LogP contribution in [0.2, 0.25) is 0 Å². The average Bonchev–Trinajstić information content (AvgIpc) is 2.69. The number of fused-ring (bicyclic) bond motifs is 1. The first-order chi connectivity index (χ1) is 9.08. The van der Waals surface area contributed by atoms with Gasteiger partial charge in [-0.25, -0.2) is 4.98 Å². The molecule has 1 aromatic heterocycles. The Kier molecular flexibility index (Phi) is 2.45. The van der Waals surface area contributed by atoms with Crippen LogP contribution in [0.5, 0.6) is 5.75 Å². The lowest BCUT2D eigenvalue weighted by molar-refractivity contribution is 0.479. The molecule has 0 radical (unpaired) electrons. The molecule has 0 aliphatic rings. The zero-order valence-corrected chi connectivity index (χ0v) is 10.9. The Bertz CT molecular complexity index is 774. The number of benzene rings is 2. The van der Waals surface area contributed by atoms with E-state index >= 15 is 0 Å². The molecule has 3 N–H and O–H groups in total. The second-order valence-corrected chi connectivity index (χ2v) is 4.73. The van der Waals surface area contributed by atoms with Crippen molar-refractivity contribution in [2.45, 2.75) is 6.92 Å². The van der Waals surface area contributed by atoms with Crippen molar-refractivity contribution in [2.24, 2.45) is 7.05 Å². The number of nitrogens with zero attached hydrogens (tertiary/aromatic N) is 2. The van der Waals surface area contributed by atoms with Gasteiger partial charge in [0.2, 0.25) is 0 Å². The van der Waals surface area contributed by atoms with Gasteiger partial charge in [0, 0.05) is 7.05 Å². The number of rotatable bonds is 1. The van der Waals surface area contributed by atoms with Crippen molar-refractivity contribution in [1.29, 1.82) is 0 Å². The van der Waals surface area contributed by atoms with E-state index in [4.69, 9.17) is 5.73 Å². The van der Waals surface area contributed by atoms with Crippen LogP contribution in [-0.4, -0.2) is 14.7 Å². The van der Waals surface area contributed by atoms with Gasteiger partial charge in [-0.3, -0.25) is 0 Å². The smallest absolute Gasteiger partial charge is 0.149 e. The van der Waals surface area contributed by atoms with E-state index in [1.165, 1.54) is 0 Å². The van der Waals surface area contributed by atoms with Gasteiger partial charge in [0.25, 0.3) is 0 Å². The highest BCUT2D eigenvalue weighted by molar-refractivity contribution is 5.83. The molecule has 0 atom stereocenters. The van der Waals surface area contributed by atoms with Gasteiger partial charge in [-0.05, 0) is 36.8 Å². The molecule has 0 unspecified atom stereocenters. The van der Waals surface area contributed by atoms with Crippen LogP contribution in [0, 0.1) is 6.92 Å². The van der Waals surface area contributed by atoms with Gasteiger partial charge >= 0.3 is 0 Å². The Hall–Kier alpha value is -2.49. The van der Waals surface area contributed by atoms with Crippen molar-refractivity contribution < 1.29 is 5.11 Å². The summed E-state index contributed by atoms with van der Waals surface area (Å²) in [5.41, 5.74) is 9.86.